The van der Waals surface area contributed by atoms with Gasteiger partial charge >= 0.3 is 0 Å². The molecule has 0 saturated heterocycles. The van der Waals surface area contributed by atoms with Gasteiger partial charge in [0.05, 0.1) is 26.1 Å². The summed E-state index contributed by atoms with van der Waals surface area (Å²) in [5.41, 5.74) is 3.45. The van der Waals surface area contributed by atoms with Crippen molar-refractivity contribution in [2.75, 3.05) is 26.1 Å². The van der Waals surface area contributed by atoms with Crippen molar-refractivity contribution >= 4 is 23.7 Å². The molecule has 0 fully saturated rings. The Morgan fingerprint density at radius 3 is 2.55 bits per heavy atom. The van der Waals surface area contributed by atoms with Gasteiger partial charge in [0.1, 0.15) is 18.8 Å². The number of hydrazone groups is 1. The number of nitrogens with one attached hydrogen (secondary N) is 2. The number of rotatable bonds is 9. The van der Waals surface area contributed by atoms with Crippen molar-refractivity contribution in [3.8, 4) is 29.6 Å². The second kappa shape index (κ2) is 11.0. The Kier molecular flexibility index (Phi) is 8.08. The summed E-state index contributed by atoms with van der Waals surface area (Å²) >= 11 is 0. The van der Waals surface area contributed by atoms with Crippen LogP contribution in [0.25, 0.3) is 0 Å². The molecule has 2 amide bonds. The van der Waals surface area contributed by atoms with Gasteiger partial charge in [-0.2, -0.15) is 5.10 Å². The number of para-hydroxylation sites is 2. The molecule has 0 atom stereocenters. The van der Waals surface area contributed by atoms with E-state index in [1.807, 2.05) is 0 Å². The molecule has 8 heteroatoms. The molecule has 0 aromatic heterocycles. The molecule has 150 valence electrons. The van der Waals surface area contributed by atoms with Crippen LogP contribution in [0, 0.1) is 12.3 Å². The average Bonchev–Trinajstić information content (AvgIpc) is 2.72. The maximum Gasteiger partial charge on any atom is 0.249 e. The van der Waals surface area contributed by atoms with Crippen molar-refractivity contribution in [3.63, 3.8) is 0 Å². The molecule has 0 heterocycles. The van der Waals surface area contributed by atoms with Crippen LogP contribution in [0.2, 0.25) is 0 Å². The first-order valence-electron chi connectivity index (χ1n) is 8.56. The minimum Gasteiger partial charge on any atom is -0.495 e. The molecular weight excluding hydrogens is 374 g/mol. The van der Waals surface area contributed by atoms with E-state index in [2.05, 4.69) is 21.8 Å². The van der Waals surface area contributed by atoms with Gasteiger partial charge in [-0.05, 0) is 35.9 Å². The summed E-state index contributed by atoms with van der Waals surface area (Å²) in [5.74, 6) is 2.81. The third-order valence-corrected chi connectivity index (χ3v) is 3.60. The van der Waals surface area contributed by atoms with Crippen molar-refractivity contribution < 1.29 is 23.8 Å². The normalized spacial score (nSPS) is 10.1. The Balaban J connectivity index is 1.89. The third kappa shape index (κ3) is 6.59. The number of terminal acetylenes is 1. The number of carbonyl (C=O) groups excluding carboxylic acids is 2. The van der Waals surface area contributed by atoms with Gasteiger partial charge in [-0.15, -0.1) is 6.42 Å². The van der Waals surface area contributed by atoms with Crippen molar-refractivity contribution in [3.05, 3.63) is 48.0 Å². The van der Waals surface area contributed by atoms with Gasteiger partial charge in [0.15, 0.2) is 11.5 Å². The molecule has 0 spiro atoms. The largest absolute Gasteiger partial charge is 0.495 e. The highest BCUT2D eigenvalue weighted by Crippen LogP contribution is 2.27. The fourth-order valence-electron chi connectivity index (χ4n) is 2.31. The van der Waals surface area contributed by atoms with E-state index in [0.29, 0.717) is 28.5 Å². The fraction of sp³-hybridized carbons (Fsp3) is 0.190. The van der Waals surface area contributed by atoms with Crippen LogP contribution in [-0.2, 0) is 9.59 Å². The molecule has 0 aliphatic carbocycles. The van der Waals surface area contributed by atoms with Gasteiger partial charge in [0.2, 0.25) is 11.8 Å². The Bertz CT molecular complexity index is 934. The molecular formula is C21H21N3O5. The Labute approximate surface area is 168 Å². The molecule has 2 rings (SSSR count). The van der Waals surface area contributed by atoms with E-state index in [0.717, 1.165) is 0 Å². The highest BCUT2D eigenvalue weighted by Gasteiger charge is 2.11. The lowest BCUT2D eigenvalue weighted by Gasteiger charge is -2.09. The summed E-state index contributed by atoms with van der Waals surface area (Å²) < 4.78 is 15.7. The first-order chi connectivity index (χ1) is 14.1. The number of amides is 2. The number of benzene rings is 2. The van der Waals surface area contributed by atoms with Crippen molar-refractivity contribution in [2.45, 2.75) is 6.42 Å². The number of carbonyl (C=O) groups is 2. The number of nitrogens with zero attached hydrogens (tertiary/aromatic N) is 1. The third-order valence-electron chi connectivity index (χ3n) is 3.60. The zero-order chi connectivity index (χ0) is 21.1. The van der Waals surface area contributed by atoms with Crippen molar-refractivity contribution in [2.24, 2.45) is 5.10 Å². The summed E-state index contributed by atoms with van der Waals surface area (Å²) in [5, 5.41) is 6.46. The monoisotopic (exact) mass is 395 g/mol. The van der Waals surface area contributed by atoms with Crippen molar-refractivity contribution in [1.82, 2.24) is 5.43 Å². The average molecular weight is 395 g/mol. The van der Waals surface area contributed by atoms with E-state index >= 15 is 0 Å². The summed E-state index contributed by atoms with van der Waals surface area (Å²) in [7, 11) is 3.00. The van der Waals surface area contributed by atoms with E-state index in [4.69, 9.17) is 20.6 Å². The minimum atomic E-state index is -0.561. The molecule has 0 aliphatic rings. The van der Waals surface area contributed by atoms with Crippen LogP contribution in [0.15, 0.2) is 47.6 Å². The Morgan fingerprint density at radius 2 is 1.83 bits per heavy atom. The van der Waals surface area contributed by atoms with Crippen LogP contribution in [-0.4, -0.2) is 38.9 Å². The predicted octanol–water partition coefficient (Wildman–Crippen LogP) is 2.19. The lowest BCUT2D eigenvalue weighted by Crippen LogP contribution is -2.24. The number of hydrogen-bond donors (Lipinski definition) is 2. The predicted molar refractivity (Wildman–Crippen MR) is 109 cm³/mol. The van der Waals surface area contributed by atoms with Crippen LogP contribution < -0.4 is 25.0 Å². The molecule has 0 unspecified atom stereocenters. The van der Waals surface area contributed by atoms with Crippen LogP contribution in [0.4, 0.5) is 5.69 Å². The Morgan fingerprint density at radius 1 is 1.07 bits per heavy atom. The molecule has 29 heavy (non-hydrogen) atoms. The first-order valence-corrected chi connectivity index (χ1v) is 8.56. The molecule has 0 aliphatic heterocycles. The second-order valence-corrected chi connectivity index (χ2v) is 5.62. The summed E-state index contributed by atoms with van der Waals surface area (Å²) in [6, 6.07) is 12.0. The standard InChI is InChI=1S/C21H21N3O5/c1-4-11-29-18-10-9-15(12-19(18)28-3)14-22-24-21(26)13-20(25)23-16-7-5-6-8-17(16)27-2/h1,5-10,12,14H,11,13H2,2-3H3,(H,23,25)(H,24,26). The number of hydrogen-bond acceptors (Lipinski definition) is 6. The molecule has 2 aromatic carbocycles. The zero-order valence-electron chi connectivity index (χ0n) is 16.1. The van der Waals surface area contributed by atoms with Gasteiger partial charge in [0.25, 0.3) is 0 Å². The first kappa shape index (κ1) is 21.3. The van der Waals surface area contributed by atoms with E-state index in [-0.39, 0.29) is 6.61 Å². The quantitative estimate of drug-likeness (QED) is 0.294. The molecule has 0 saturated carbocycles. The summed E-state index contributed by atoms with van der Waals surface area (Å²) in [6.45, 7) is 0.122. The fourth-order valence-corrected chi connectivity index (χ4v) is 2.31. The van der Waals surface area contributed by atoms with Crippen LogP contribution in [0.3, 0.4) is 0 Å². The minimum absolute atomic E-state index is 0.122. The van der Waals surface area contributed by atoms with Gasteiger partial charge in [-0.3, -0.25) is 9.59 Å². The number of methoxy groups -OCH3 is 2. The zero-order valence-corrected chi connectivity index (χ0v) is 16.1. The van der Waals surface area contributed by atoms with Gasteiger partial charge in [-0.1, -0.05) is 18.1 Å². The second-order valence-electron chi connectivity index (χ2n) is 5.62. The van der Waals surface area contributed by atoms with E-state index in [1.165, 1.54) is 20.4 Å². The number of anilines is 1. The van der Waals surface area contributed by atoms with Gasteiger partial charge in [0, 0.05) is 0 Å². The lowest BCUT2D eigenvalue weighted by atomic mass is 10.2. The lowest BCUT2D eigenvalue weighted by molar-refractivity contribution is -0.126. The van der Waals surface area contributed by atoms with E-state index in [9.17, 15) is 9.59 Å². The van der Waals surface area contributed by atoms with E-state index in [1.54, 1.807) is 42.5 Å². The van der Waals surface area contributed by atoms with Gasteiger partial charge in [-0.25, -0.2) is 5.43 Å². The van der Waals surface area contributed by atoms with Crippen LogP contribution in [0.1, 0.15) is 12.0 Å². The smallest absolute Gasteiger partial charge is 0.249 e. The summed E-state index contributed by atoms with van der Waals surface area (Å²) in [6.07, 6.45) is 6.20. The molecule has 8 nitrogen and oxygen atoms in total. The molecule has 0 bridgehead atoms. The molecule has 0 radical (unpaired) electrons. The molecule has 2 N–H and O–H groups in total. The number of ether oxygens (including phenoxy) is 3. The maximum atomic E-state index is 12.0. The highest BCUT2D eigenvalue weighted by molar-refractivity contribution is 6.04. The van der Waals surface area contributed by atoms with Crippen molar-refractivity contribution in [1.29, 1.82) is 0 Å². The Hall–Kier alpha value is -3.99. The highest BCUT2D eigenvalue weighted by atomic mass is 16.5. The SMILES string of the molecule is C#CCOc1ccc(C=NNC(=O)CC(=O)Nc2ccccc2OC)cc1OC. The van der Waals surface area contributed by atoms with Crippen LogP contribution >= 0.6 is 0 Å². The topological polar surface area (TPSA) is 98.2 Å². The summed E-state index contributed by atoms with van der Waals surface area (Å²) in [4.78, 5) is 23.9. The molecule has 2 aromatic rings. The van der Waals surface area contributed by atoms with E-state index < -0.39 is 18.2 Å². The maximum absolute atomic E-state index is 12.0. The van der Waals surface area contributed by atoms with Crippen LogP contribution in [0.5, 0.6) is 17.2 Å². The van der Waals surface area contributed by atoms with Gasteiger partial charge < -0.3 is 19.5 Å².